The Morgan fingerprint density at radius 3 is 1.70 bits per heavy atom. The van der Waals surface area contributed by atoms with E-state index in [9.17, 15) is 13.2 Å². The van der Waals surface area contributed by atoms with Crippen LogP contribution in [0.1, 0.15) is 11.1 Å². The van der Waals surface area contributed by atoms with E-state index in [1.807, 2.05) is 72.8 Å². The molecule has 0 N–H and O–H groups in total. The third kappa shape index (κ3) is 2.87. The van der Waals surface area contributed by atoms with Crippen LogP contribution in [0.15, 0.2) is 114 Å². The highest BCUT2D eigenvalue weighted by molar-refractivity contribution is 7.93. The van der Waals surface area contributed by atoms with Gasteiger partial charge in [-0.3, -0.25) is 4.79 Å². The van der Waals surface area contributed by atoms with Gasteiger partial charge in [0.05, 0.1) is 10.8 Å². The molecule has 2 aliphatic rings. The van der Waals surface area contributed by atoms with Gasteiger partial charge in [-0.05, 0) is 34.4 Å². The first-order chi connectivity index (χ1) is 14.6. The Morgan fingerprint density at radius 2 is 1.17 bits per heavy atom. The summed E-state index contributed by atoms with van der Waals surface area (Å²) in [6.45, 7) is 0. The average Bonchev–Trinajstić information content (AvgIpc) is 3.31. The number of sulfone groups is 1. The van der Waals surface area contributed by atoms with Gasteiger partial charge in [-0.15, -0.1) is 0 Å². The molecular formula is C26H20O3S. The van der Waals surface area contributed by atoms with Crippen LogP contribution in [0.5, 0.6) is 0 Å². The van der Waals surface area contributed by atoms with Gasteiger partial charge in [-0.25, -0.2) is 8.42 Å². The van der Waals surface area contributed by atoms with Crippen LogP contribution in [0.3, 0.4) is 0 Å². The minimum Gasteiger partial charge on any atom is -0.297 e. The van der Waals surface area contributed by atoms with Crippen molar-refractivity contribution in [1.82, 2.24) is 0 Å². The molecule has 0 radical (unpaired) electrons. The van der Waals surface area contributed by atoms with E-state index in [4.69, 9.17) is 0 Å². The summed E-state index contributed by atoms with van der Waals surface area (Å²) in [6, 6.07) is 28.1. The number of benzene rings is 3. The normalized spacial score (nSPS) is 22.5. The van der Waals surface area contributed by atoms with E-state index in [1.54, 1.807) is 30.3 Å². The number of carbonyl (C=O) groups excluding carboxylic acids is 1. The molecule has 0 aliphatic heterocycles. The van der Waals surface area contributed by atoms with E-state index in [0.717, 1.165) is 22.3 Å². The average molecular weight is 413 g/mol. The van der Waals surface area contributed by atoms with E-state index in [2.05, 4.69) is 0 Å². The summed E-state index contributed by atoms with van der Waals surface area (Å²) < 4.78 is 26.8. The number of Topliss-reactive ketones (excluding diaryl/α,β-unsaturated/α-hetero) is 1. The Bertz CT molecular complexity index is 1220. The number of allylic oxidation sites excluding steroid dienone is 3. The van der Waals surface area contributed by atoms with E-state index < -0.39 is 26.9 Å². The lowest BCUT2D eigenvalue weighted by molar-refractivity contribution is -0.119. The van der Waals surface area contributed by atoms with Crippen LogP contribution in [0.4, 0.5) is 0 Å². The largest absolute Gasteiger partial charge is 0.297 e. The number of fused-ring (bicyclic) bond motifs is 2. The molecular weight excluding hydrogens is 392 g/mol. The monoisotopic (exact) mass is 412 g/mol. The van der Waals surface area contributed by atoms with E-state index >= 15 is 0 Å². The topological polar surface area (TPSA) is 51.2 Å². The van der Waals surface area contributed by atoms with Crippen molar-refractivity contribution in [3.63, 3.8) is 0 Å². The van der Waals surface area contributed by atoms with Gasteiger partial charge in [0.15, 0.2) is 15.6 Å². The van der Waals surface area contributed by atoms with E-state index in [-0.39, 0.29) is 10.7 Å². The standard InChI is InChI=1S/C26H20O3S/c27-25-21-16-17-22(26(25)30(28,29)20-14-8-3-9-15-20)24(21)23(18-10-4-1-5-11-18)19-12-6-2-7-13-19/h1-17,21-22,26H/t21-,22+,26?/m1/s1. The Kier molecular flexibility index (Phi) is 4.52. The fourth-order valence-electron chi connectivity index (χ4n) is 4.65. The van der Waals surface area contributed by atoms with Gasteiger partial charge >= 0.3 is 0 Å². The molecule has 3 atom stereocenters. The lowest BCUT2D eigenvalue weighted by Crippen LogP contribution is -2.33. The summed E-state index contributed by atoms with van der Waals surface area (Å²) in [5.41, 5.74) is 3.82. The molecule has 3 aromatic carbocycles. The third-order valence-electron chi connectivity index (χ3n) is 5.94. The molecule has 4 heteroatoms. The number of hydrogen-bond acceptors (Lipinski definition) is 3. The van der Waals surface area contributed by atoms with Gasteiger partial charge in [0.2, 0.25) is 0 Å². The molecule has 0 heterocycles. The zero-order valence-corrected chi connectivity index (χ0v) is 17.0. The van der Waals surface area contributed by atoms with Crippen molar-refractivity contribution in [3.05, 3.63) is 120 Å². The zero-order valence-electron chi connectivity index (χ0n) is 16.2. The third-order valence-corrected chi connectivity index (χ3v) is 8.06. The molecule has 0 saturated heterocycles. The Labute approximate surface area is 176 Å². The molecule has 3 nitrogen and oxygen atoms in total. The molecule has 0 amide bonds. The van der Waals surface area contributed by atoms with Gasteiger partial charge in [0, 0.05) is 5.92 Å². The molecule has 0 aromatic heterocycles. The highest BCUT2D eigenvalue weighted by Gasteiger charge is 2.54. The summed E-state index contributed by atoms with van der Waals surface area (Å²) >= 11 is 0. The van der Waals surface area contributed by atoms with Gasteiger partial charge < -0.3 is 0 Å². The first kappa shape index (κ1) is 18.8. The SMILES string of the molecule is O=C1C(S(=O)(=O)c2ccccc2)[C@H]2C=C[C@@H]1C2=C(c1ccccc1)c1ccccc1. The molecule has 1 unspecified atom stereocenters. The molecule has 5 rings (SSSR count). The van der Waals surface area contributed by atoms with E-state index in [0.29, 0.717) is 0 Å². The Morgan fingerprint density at radius 1 is 0.667 bits per heavy atom. The minimum absolute atomic E-state index is 0.199. The number of ketones is 1. The highest BCUT2D eigenvalue weighted by Crippen LogP contribution is 2.50. The molecule has 30 heavy (non-hydrogen) atoms. The number of carbonyl (C=O) groups is 1. The predicted molar refractivity (Wildman–Crippen MR) is 117 cm³/mol. The zero-order chi connectivity index (χ0) is 20.7. The second kappa shape index (κ2) is 7.22. The molecule has 3 aromatic rings. The molecule has 148 valence electrons. The molecule has 1 saturated carbocycles. The maximum absolute atomic E-state index is 13.4. The van der Waals surface area contributed by atoms with Gasteiger partial charge in [0.1, 0.15) is 5.25 Å². The van der Waals surface area contributed by atoms with Crippen LogP contribution in [-0.4, -0.2) is 19.5 Å². The Balaban J connectivity index is 1.72. The fourth-order valence-corrected chi connectivity index (χ4v) is 6.55. The van der Waals surface area contributed by atoms with E-state index in [1.165, 1.54) is 0 Å². The van der Waals surface area contributed by atoms with Crippen molar-refractivity contribution in [2.75, 3.05) is 0 Å². The molecule has 0 spiro atoms. The van der Waals surface area contributed by atoms with Crippen molar-refractivity contribution < 1.29 is 13.2 Å². The number of hydrogen-bond donors (Lipinski definition) is 0. The van der Waals surface area contributed by atoms with Gasteiger partial charge in [-0.2, -0.15) is 0 Å². The first-order valence-electron chi connectivity index (χ1n) is 9.95. The summed E-state index contributed by atoms with van der Waals surface area (Å²) in [7, 11) is -3.78. The van der Waals surface area contributed by atoms with Crippen LogP contribution in [-0.2, 0) is 14.6 Å². The molecule has 2 aliphatic carbocycles. The van der Waals surface area contributed by atoms with Crippen LogP contribution < -0.4 is 0 Å². The van der Waals surface area contributed by atoms with Crippen LogP contribution in [0.2, 0.25) is 0 Å². The van der Waals surface area contributed by atoms with Crippen LogP contribution in [0, 0.1) is 11.8 Å². The first-order valence-corrected chi connectivity index (χ1v) is 11.5. The minimum atomic E-state index is -3.78. The van der Waals surface area contributed by atoms with Gasteiger partial charge in [-0.1, -0.05) is 91.0 Å². The van der Waals surface area contributed by atoms with Crippen molar-refractivity contribution in [2.45, 2.75) is 10.1 Å². The van der Waals surface area contributed by atoms with Gasteiger partial charge in [0.25, 0.3) is 0 Å². The summed E-state index contributed by atoms with van der Waals surface area (Å²) in [5, 5.41) is -1.08. The lowest BCUT2D eigenvalue weighted by atomic mass is 9.88. The van der Waals surface area contributed by atoms with Crippen molar-refractivity contribution in [2.24, 2.45) is 11.8 Å². The maximum Gasteiger partial charge on any atom is 0.189 e. The van der Waals surface area contributed by atoms with Crippen molar-refractivity contribution in [3.8, 4) is 0 Å². The van der Waals surface area contributed by atoms with Crippen molar-refractivity contribution >= 4 is 21.2 Å². The smallest absolute Gasteiger partial charge is 0.189 e. The second-order valence-corrected chi connectivity index (χ2v) is 9.70. The number of rotatable bonds is 4. The van der Waals surface area contributed by atoms with Crippen LogP contribution >= 0.6 is 0 Å². The lowest BCUT2D eigenvalue weighted by Gasteiger charge is -2.19. The predicted octanol–water partition coefficient (Wildman–Crippen LogP) is 4.72. The Hall–Kier alpha value is -3.24. The molecule has 2 bridgehead atoms. The quantitative estimate of drug-likeness (QED) is 0.583. The summed E-state index contributed by atoms with van der Waals surface area (Å²) in [6.07, 6.45) is 3.77. The van der Waals surface area contributed by atoms with Crippen LogP contribution in [0.25, 0.3) is 5.57 Å². The maximum atomic E-state index is 13.4. The summed E-state index contributed by atoms with van der Waals surface area (Å²) in [4.78, 5) is 13.5. The molecule has 1 fully saturated rings. The fraction of sp³-hybridized carbons (Fsp3) is 0.115. The second-order valence-electron chi connectivity index (χ2n) is 7.63. The van der Waals surface area contributed by atoms with Crippen molar-refractivity contribution in [1.29, 1.82) is 0 Å². The summed E-state index contributed by atoms with van der Waals surface area (Å²) in [5.74, 6) is -1.19. The highest BCUT2D eigenvalue weighted by atomic mass is 32.2.